The van der Waals surface area contributed by atoms with Gasteiger partial charge in [-0.3, -0.25) is 9.78 Å². The molecular weight excluding hydrogens is 353 g/mol. The van der Waals surface area contributed by atoms with Gasteiger partial charge in [0.1, 0.15) is 0 Å². The van der Waals surface area contributed by atoms with E-state index in [4.69, 9.17) is 0 Å². The molecule has 6 heteroatoms. The molecule has 1 heterocycles. The fourth-order valence-electron chi connectivity index (χ4n) is 2.74. The zero-order chi connectivity index (χ0) is 19.6. The maximum atomic E-state index is 12.5. The van der Waals surface area contributed by atoms with Gasteiger partial charge in [-0.05, 0) is 55.3 Å². The van der Waals surface area contributed by atoms with Crippen molar-refractivity contribution in [3.8, 4) is 0 Å². The number of aryl methyl sites for hydroxylation is 2. The van der Waals surface area contributed by atoms with Crippen molar-refractivity contribution < 1.29 is 18.0 Å². The quantitative estimate of drug-likeness (QED) is 0.644. The highest BCUT2D eigenvalue weighted by atomic mass is 19.4. The number of nitrogens with zero attached hydrogens (tertiary/aromatic N) is 1. The van der Waals surface area contributed by atoms with Crippen LogP contribution in [0.5, 0.6) is 0 Å². The van der Waals surface area contributed by atoms with Crippen molar-refractivity contribution >= 4 is 28.6 Å². The number of rotatable bonds is 3. The molecule has 0 saturated heterocycles. The molecule has 138 valence electrons. The van der Waals surface area contributed by atoms with Gasteiger partial charge in [-0.15, -0.1) is 0 Å². The fraction of sp³-hybridized carbons (Fsp3) is 0.143. The zero-order valence-corrected chi connectivity index (χ0v) is 14.8. The monoisotopic (exact) mass is 370 g/mol. The van der Waals surface area contributed by atoms with Gasteiger partial charge in [-0.1, -0.05) is 24.3 Å². The van der Waals surface area contributed by atoms with Crippen molar-refractivity contribution in [3.05, 3.63) is 77.0 Å². The number of pyridine rings is 1. The molecule has 0 aliphatic carbocycles. The van der Waals surface area contributed by atoms with Crippen LogP contribution in [0.2, 0.25) is 0 Å². The molecule has 3 nitrogen and oxygen atoms in total. The first kappa shape index (κ1) is 18.6. The van der Waals surface area contributed by atoms with E-state index in [0.717, 1.165) is 22.7 Å². The Labute approximate surface area is 154 Å². The molecular formula is C21H17F3N2O. The molecule has 1 aromatic heterocycles. The van der Waals surface area contributed by atoms with Gasteiger partial charge in [-0.2, -0.15) is 13.2 Å². The Morgan fingerprint density at radius 3 is 2.52 bits per heavy atom. The third-order valence-corrected chi connectivity index (χ3v) is 4.05. The molecule has 0 aliphatic heterocycles. The number of allylic oxidation sites excluding steroid dienone is 1. The van der Waals surface area contributed by atoms with Gasteiger partial charge < -0.3 is 5.32 Å². The first-order valence-corrected chi connectivity index (χ1v) is 8.27. The third kappa shape index (κ3) is 4.73. The molecule has 0 spiro atoms. The van der Waals surface area contributed by atoms with Crippen molar-refractivity contribution in [2.24, 2.45) is 0 Å². The predicted octanol–water partition coefficient (Wildman–Crippen LogP) is 5.68. The van der Waals surface area contributed by atoms with E-state index in [1.807, 2.05) is 31.2 Å². The number of halogens is 3. The first-order valence-electron chi connectivity index (χ1n) is 8.27. The highest BCUT2D eigenvalue weighted by molar-refractivity contribution is 6.06. The maximum absolute atomic E-state index is 12.5. The molecule has 0 atom stereocenters. The smallest absolute Gasteiger partial charge is 0.322 e. The Hall–Kier alpha value is -3.15. The number of fused-ring (bicyclic) bond motifs is 1. The average molecular weight is 370 g/mol. The summed E-state index contributed by atoms with van der Waals surface area (Å²) in [5.41, 5.74) is 3.75. The minimum atomic E-state index is -4.37. The van der Waals surface area contributed by atoms with Crippen molar-refractivity contribution in [2.45, 2.75) is 20.0 Å². The second-order valence-corrected chi connectivity index (χ2v) is 6.26. The lowest BCUT2D eigenvalue weighted by Crippen LogP contribution is -2.13. The summed E-state index contributed by atoms with van der Waals surface area (Å²) in [7, 11) is 0. The van der Waals surface area contributed by atoms with Gasteiger partial charge >= 0.3 is 6.18 Å². The van der Waals surface area contributed by atoms with Crippen LogP contribution in [0.25, 0.3) is 17.0 Å². The van der Waals surface area contributed by atoms with Crippen LogP contribution in [0.1, 0.15) is 27.2 Å². The minimum Gasteiger partial charge on any atom is -0.322 e. The van der Waals surface area contributed by atoms with E-state index in [1.165, 1.54) is 12.1 Å². The molecule has 0 aliphatic rings. The van der Waals surface area contributed by atoms with Crippen LogP contribution >= 0.6 is 0 Å². The van der Waals surface area contributed by atoms with Crippen molar-refractivity contribution in [1.82, 2.24) is 4.98 Å². The number of hydrogen-bond donors (Lipinski definition) is 1. The molecule has 0 radical (unpaired) electrons. The van der Waals surface area contributed by atoms with Gasteiger partial charge in [0.15, 0.2) is 0 Å². The van der Waals surface area contributed by atoms with Crippen molar-refractivity contribution in [3.63, 3.8) is 0 Å². The molecule has 3 rings (SSSR count). The van der Waals surface area contributed by atoms with E-state index in [2.05, 4.69) is 10.3 Å². The summed E-state index contributed by atoms with van der Waals surface area (Å²) in [6.07, 6.45) is -3.22. The molecule has 0 fully saturated rings. The summed E-state index contributed by atoms with van der Waals surface area (Å²) in [6.45, 7) is 3.60. The van der Waals surface area contributed by atoms with E-state index in [0.29, 0.717) is 22.4 Å². The van der Waals surface area contributed by atoms with Crippen LogP contribution in [0.4, 0.5) is 18.9 Å². The van der Waals surface area contributed by atoms with Crippen LogP contribution in [0, 0.1) is 13.8 Å². The average Bonchev–Trinajstić information content (AvgIpc) is 2.59. The molecule has 2 aromatic carbocycles. The number of nitrogens with one attached hydrogen (secondary N) is 1. The van der Waals surface area contributed by atoms with Crippen LogP contribution < -0.4 is 5.32 Å². The minimum absolute atomic E-state index is 0.173. The Morgan fingerprint density at radius 1 is 1.04 bits per heavy atom. The molecule has 1 N–H and O–H groups in total. The Balaban J connectivity index is 1.80. The zero-order valence-electron chi connectivity index (χ0n) is 14.8. The van der Waals surface area contributed by atoms with Crippen LogP contribution in [0.3, 0.4) is 0 Å². The normalized spacial score (nSPS) is 11.9. The molecule has 0 saturated carbocycles. The number of amides is 1. The summed E-state index contributed by atoms with van der Waals surface area (Å²) in [5.74, 6) is -0.321. The summed E-state index contributed by atoms with van der Waals surface area (Å²) >= 11 is 0. The number of hydrogen-bond acceptors (Lipinski definition) is 2. The van der Waals surface area contributed by atoms with Crippen LogP contribution in [0.15, 0.2) is 54.6 Å². The second kappa shape index (κ2) is 7.23. The van der Waals surface area contributed by atoms with E-state index in [-0.39, 0.29) is 12.0 Å². The molecule has 0 unspecified atom stereocenters. The van der Waals surface area contributed by atoms with Crippen LogP contribution in [-0.4, -0.2) is 17.1 Å². The van der Waals surface area contributed by atoms with E-state index in [1.54, 1.807) is 19.1 Å². The van der Waals surface area contributed by atoms with Gasteiger partial charge in [0.2, 0.25) is 0 Å². The molecule has 1 amide bonds. The number of carbonyl (C=O) groups excluding carboxylic acids is 1. The Bertz CT molecular complexity index is 1040. The topological polar surface area (TPSA) is 42.0 Å². The summed E-state index contributed by atoms with van der Waals surface area (Å²) in [6, 6.07) is 13.8. The van der Waals surface area contributed by atoms with Crippen molar-refractivity contribution in [1.29, 1.82) is 0 Å². The summed E-state index contributed by atoms with van der Waals surface area (Å²) in [5, 5.41) is 3.72. The number of aromatic nitrogens is 1. The molecule has 3 aromatic rings. The largest absolute Gasteiger partial charge is 0.409 e. The SMILES string of the molecule is Cc1ccc2cc(NC(=O)c3ccc(/C=C/C(F)(F)F)cc3C)ccc2n1. The number of benzene rings is 2. The number of anilines is 1. The molecule has 0 bridgehead atoms. The van der Waals surface area contributed by atoms with Gasteiger partial charge in [0.05, 0.1) is 5.52 Å². The summed E-state index contributed by atoms with van der Waals surface area (Å²) < 4.78 is 36.8. The van der Waals surface area contributed by atoms with E-state index >= 15 is 0 Å². The van der Waals surface area contributed by atoms with Gasteiger partial charge in [0, 0.05) is 28.4 Å². The predicted molar refractivity (Wildman–Crippen MR) is 101 cm³/mol. The van der Waals surface area contributed by atoms with Gasteiger partial charge in [0.25, 0.3) is 5.91 Å². The standard InChI is InChI=1S/C21H17F3N2O/c1-13-11-15(9-10-21(22,23)24)4-7-18(13)20(27)26-17-6-8-19-16(12-17)5-3-14(2)25-19/h3-12H,1-2H3,(H,26,27)/b10-9+. The lowest BCUT2D eigenvalue weighted by molar-refractivity contribution is -0.0790. The highest BCUT2D eigenvalue weighted by Crippen LogP contribution is 2.21. The second-order valence-electron chi connectivity index (χ2n) is 6.26. The highest BCUT2D eigenvalue weighted by Gasteiger charge is 2.21. The van der Waals surface area contributed by atoms with E-state index < -0.39 is 6.18 Å². The number of carbonyl (C=O) groups is 1. The van der Waals surface area contributed by atoms with Gasteiger partial charge in [-0.25, -0.2) is 0 Å². The lowest BCUT2D eigenvalue weighted by atomic mass is 10.0. The third-order valence-electron chi connectivity index (χ3n) is 4.05. The molecule has 27 heavy (non-hydrogen) atoms. The first-order chi connectivity index (χ1) is 12.7. The van der Waals surface area contributed by atoms with Crippen LogP contribution in [-0.2, 0) is 0 Å². The maximum Gasteiger partial charge on any atom is 0.409 e. The number of alkyl halides is 3. The summed E-state index contributed by atoms with van der Waals surface area (Å²) in [4.78, 5) is 16.9. The van der Waals surface area contributed by atoms with E-state index in [9.17, 15) is 18.0 Å². The van der Waals surface area contributed by atoms with Crippen molar-refractivity contribution in [2.75, 3.05) is 5.32 Å². The Kier molecular flexibility index (Phi) is 4.99. The lowest BCUT2D eigenvalue weighted by Gasteiger charge is -2.10. The fourth-order valence-corrected chi connectivity index (χ4v) is 2.74. The Morgan fingerprint density at radius 2 is 1.81 bits per heavy atom.